The summed E-state index contributed by atoms with van der Waals surface area (Å²) in [7, 11) is 2.11. The van der Waals surface area contributed by atoms with Gasteiger partial charge in [0.2, 0.25) is 0 Å². The zero-order chi connectivity index (χ0) is 17.5. The Morgan fingerprint density at radius 2 is 2.08 bits per heavy atom. The van der Waals surface area contributed by atoms with Crippen molar-refractivity contribution in [1.82, 2.24) is 29.6 Å². The number of H-pyrrole nitrogens is 1. The van der Waals surface area contributed by atoms with E-state index in [9.17, 15) is 0 Å². The van der Waals surface area contributed by atoms with Crippen molar-refractivity contribution in [3.05, 3.63) is 54.1 Å². The summed E-state index contributed by atoms with van der Waals surface area (Å²) in [4.78, 5) is 12.1. The monoisotopic (exact) mass is 346 g/mol. The highest BCUT2D eigenvalue weighted by molar-refractivity contribution is 5.75. The third-order valence-electron chi connectivity index (χ3n) is 5.49. The molecule has 0 amide bonds. The first-order valence-electron chi connectivity index (χ1n) is 9.20. The Balaban J connectivity index is 1.37. The number of nitrogens with one attached hydrogen (secondary N) is 1. The smallest absolute Gasteiger partial charge is 0.155 e. The summed E-state index contributed by atoms with van der Waals surface area (Å²) in [5, 5.41) is 8.13. The van der Waals surface area contributed by atoms with Gasteiger partial charge in [0, 0.05) is 30.6 Å². The summed E-state index contributed by atoms with van der Waals surface area (Å²) in [5.41, 5.74) is 4.32. The first kappa shape index (κ1) is 15.5. The number of aryl methyl sites for hydroxylation is 1. The van der Waals surface area contributed by atoms with E-state index >= 15 is 0 Å². The Bertz CT molecular complexity index is 1060. The Hall–Kier alpha value is -2.73. The highest BCUT2D eigenvalue weighted by Gasteiger charge is 2.24. The van der Waals surface area contributed by atoms with Crippen molar-refractivity contribution in [1.29, 1.82) is 0 Å². The lowest BCUT2D eigenvalue weighted by Crippen LogP contribution is -2.34. The molecule has 6 nitrogen and oxygen atoms in total. The first-order chi connectivity index (χ1) is 12.8. The molecule has 6 heteroatoms. The zero-order valence-electron chi connectivity index (χ0n) is 14.9. The molecule has 4 aromatic rings. The number of para-hydroxylation sites is 2. The van der Waals surface area contributed by atoms with Gasteiger partial charge in [-0.15, -0.1) is 0 Å². The van der Waals surface area contributed by atoms with E-state index < -0.39 is 0 Å². The van der Waals surface area contributed by atoms with Crippen molar-refractivity contribution in [3.63, 3.8) is 0 Å². The summed E-state index contributed by atoms with van der Waals surface area (Å²) in [6.45, 7) is 3.02. The van der Waals surface area contributed by atoms with Crippen molar-refractivity contribution in [2.75, 3.05) is 13.1 Å². The number of fused-ring (bicyclic) bond motifs is 2. The number of aromatic amines is 1. The summed E-state index contributed by atoms with van der Waals surface area (Å²) in [5.74, 6) is 1.59. The number of benzene rings is 1. The van der Waals surface area contributed by atoms with Gasteiger partial charge in [0.05, 0.1) is 23.8 Å². The lowest BCUT2D eigenvalue weighted by molar-refractivity contribution is 0.193. The summed E-state index contributed by atoms with van der Waals surface area (Å²) < 4.78 is 2.22. The second-order valence-corrected chi connectivity index (χ2v) is 7.19. The highest BCUT2D eigenvalue weighted by atomic mass is 15.2. The Morgan fingerprint density at radius 1 is 1.15 bits per heavy atom. The van der Waals surface area contributed by atoms with Gasteiger partial charge in [-0.25, -0.2) is 9.97 Å². The standard InChI is InChI=1S/C20H22N6/c1-25-18-7-3-2-6-17(18)22-19(25)13-26-10-4-5-15(12-26)16-9-8-14-11-21-24-20(14)23-16/h2-3,6-9,11,15H,4-5,10,12-13H2,1H3,(H,21,23,24)/t15-/m1/s1. The van der Waals surface area contributed by atoms with Crippen LogP contribution in [-0.4, -0.2) is 42.7 Å². The van der Waals surface area contributed by atoms with Crippen LogP contribution >= 0.6 is 0 Å². The number of hydrogen-bond acceptors (Lipinski definition) is 4. The fourth-order valence-corrected chi connectivity index (χ4v) is 4.05. The van der Waals surface area contributed by atoms with Crippen LogP contribution in [0.2, 0.25) is 0 Å². The van der Waals surface area contributed by atoms with Gasteiger partial charge in [0.15, 0.2) is 5.65 Å². The van der Waals surface area contributed by atoms with Gasteiger partial charge < -0.3 is 4.57 Å². The molecule has 0 saturated carbocycles. The Morgan fingerprint density at radius 3 is 3.00 bits per heavy atom. The molecule has 1 N–H and O–H groups in total. The quantitative estimate of drug-likeness (QED) is 0.619. The van der Waals surface area contributed by atoms with E-state index in [4.69, 9.17) is 9.97 Å². The normalized spacial score (nSPS) is 18.7. The fourth-order valence-electron chi connectivity index (χ4n) is 4.05. The molecule has 1 aliphatic rings. The molecule has 0 unspecified atom stereocenters. The van der Waals surface area contributed by atoms with Gasteiger partial charge in [-0.2, -0.15) is 5.10 Å². The van der Waals surface area contributed by atoms with Crippen LogP contribution in [0, 0.1) is 0 Å². The van der Waals surface area contributed by atoms with Crippen molar-refractivity contribution in [3.8, 4) is 0 Å². The third-order valence-corrected chi connectivity index (χ3v) is 5.49. The number of imidazole rings is 1. The molecule has 4 heterocycles. The van der Waals surface area contributed by atoms with Gasteiger partial charge in [-0.05, 0) is 43.7 Å². The van der Waals surface area contributed by atoms with Crippen LogP contribution in [0.25, 0.3) is 22.1 Å². The minimum absolute atomic E-state index is 0.464. The fraction of sp³-hybridized carbons (Fsp3) is 0.350. The largest absolute Gasteiger partial charge is 0.330 e. The van der Waals surface area contributed by atoms with Crippen LogP contribution in [0.1, 0.15) is 30.3 Å². The minimum atomic E-state index is 0.464. The van der Waals surface area contributed by atoms with Crippen LogP contribution in [0.3, 0.4) is 0 Å². The minimum Gasteiger partial charge on any atom is -0.330 e. The number of rotatable bonds is 3. The van der Waals surface area contributed by atoms with Crippen molar-refractivity contribution in [2.45, 2.75) is 25.3 Å². The van der Waals surface area contributed by atoms with Gasteiger partial charge in [-0.1, -0.05) is 12.1 Å². The molecule has 26 heavy (non-hydrogen) atoms. The molecule has 0 bridgehead atoms. The van der Waals surface area contributed by atoms with Crippen molar-refractivity contribution >= 4 is 22.1 Å². The van der Waals surface area contributed by atoms with Crippen LogP contribution in [-0.2, 0) is 13.6 Å². The molecule has 5 rings (SSSR count). The first-order valence-corrected chi connectivity index (χ1v) is 9.20. The average molecular weight is 346 g/mol. The SMILES string of the molecule is Cn1c(CN2CCC[C@@H](c3ccc4cn[nH]c4n3)C2)nc2ccccc21. The topological polar surface area (TPSA) is 62.6 Å². The van der Waals surface area contributed by atoms with Crippen LogP contribution in [0.4, 0.5) is 0 Å². The molecule has 0 spiro atoms. The van der Waals surface area contributed by atoms with E-state index in [0.29, 0.717) is 5.92 Å². The molecule has 3 aromatic heterocycles. The van der Waals surface area contributed by atoms with E-state index in [0.717, 1.165) is 47.7 Å². The second kappa shape index (κ2) is 6.21. The van der Waals surface area contributed by atoms with E-state index in [-0.39, 0.29) is 0 Å². The number of nitrogens with zero attached hydrogens (tertiary/aromatic N) is 5. The number of hydrogen-bond donors (Lipinski definition) is 1. The predicted molar refractivity (Wildman–Crippen MR) is 102 cm³/mol. The predicted octanol–water partition coefficient (Wildman–Crippen LogP) is 3.22. The Kier molecular flexibility index (Phi) is 3.71. The molecule has 0 radical (unpaired) electrons. The Labute approximate surface area is 151 Å². The molecular formula is C20H22N6. The third kappa shape index (κ3) is 2.66. The molecular weight excluding hydrogens is 324 g/mol. The van der Waals surface area contributed by atoms with Crippen LogP contribution in [0.15, 0.2) is 42.6 Å². The lowest BCUT2D eigenvalue weighted by atomic mass is 9.94. The van der Waals surface area contributed by atoms with E-state index in [1.165, 1.54) is 18.4 Å². The molecule has 1 atom stereocenters. The maximum absolute atomic E-state index is 4.83. The molecule has 132 valence electrons. The average Bonchev–Trinajstić information content (AvgIpc) is 3.27. The maximum Gasteiger partial charge on any atom is 0.155 e. The number of piperidine rings is 1. The highest BCUT2D eigenvalue weighted by Crippen LogP contribution is 2.28. The van der Waals surface area contributed by atoms with E-state index in [1.807, 2.05) is 12.3 Å². The van der Waals surface area contributed by atoms with E-state index in [1.54, 1.807) is 0 Å². The van der Waals surface area contributed by atoms with Gasteiger partial charge in [0.1, 0.15) is 5.82 Å². The summed E-state index contributed by atoms with van der Waals surface area (Å²) >= 11 is 0. The molecule has 1 fully saturated rings. The molecule has 0 aliphatic carbocycles. The lowest BCUT2D eigenvalue weighted by Gasteiger charge is -2.32. The number of pyridine rings is 1. The van der Waals surface area contributed by atoms with Crippen LogP contribution < -0.4 is 0 Å². The van der Waals surface area contributed by atoms with Crippen LogP contribution in [0.5, 0.6) is 0 Å². The van der Waals surface area contributed by atoms with E-state index in [2.05, 4.69) is 57.0 Å². The van der Waals surface area contributed by atoms with Gasteiger partial charge >= 0.3 is 0 Å². The summed E-state index contributed by atoms with van der Waals surface area (Å²) in [6, 6.07) is 12.6. The molecule has 1 aliphatic heterocycles. The zero-order valence-corrected chi connectivity index (χ0v) is 14.9. The van der Waals surface area contributed by atoms with Gasteiger partial charge in [-0.3, -0.25) is 10.00 Å². The summed E-state index contributed by atoms with van der Waals surface area (Å²) in [6.07, 6.45) is 4.20. The maximum atomic E-state index is 4.83. The van der Waals surface area contributed by atoms with Gasteiger partial charge in [0.25, 0.3) is 0 Å². The molecule has 1 saturated heterocycles. The van der Waals surface area contributed by atoms with Crippen molar-refractivity contribution < 1.29 is 0 Å². The number of aromatic nitrogens is 5. The second-order valence-electron chi connectivity index (χ2n) is 7.19. The number of likely N-dealkylation sites (tertiary alicyclic amines) is 1. The molecule has 1 aromatic carbocycles. The van der Waals surface area contributed by atoms with Crippen molar-refractivity contribution in [2.24, 2.45) is 7.05 Å².